The number of nitrogens with one attached hydrogen (secondary N) is 1. The molecule has 0 aliphatic heterocycles. The number of hydrogen-bond acceptors (Lipinski definition) is 4. The minimum atomic E-state index is 0.166. The van der Waals surface area contributed by atoms with Crippen LogP contribution in [0.5, 0.6) is 5.75 Å². The Labute approximate surface area is 161 Å². The number of furan rings is 1. The Balaban J connectivity index is 1.62. The smallest absolute Gasteiger partial charge is 0.122 e. The predicted molar refractivity (Wildman–Crippen MR) is 111 cm³/mol. The van der Waals surface area contributed by atoms with Gasteiger partial charge in [0.1, 0.15) is 11.5 Å². The lowest BCUT2D eigenvalue weighted by atomic mass is 9.92. The van der Waals surface area contributed by atoms with Gasteiger partial charge >= 0.3 is 0 Å². The first-order valence-corrected chi connectivity index (χ1v) is 9.32. The Morgan fingerprint density at radius 1 is 1.00 bits per heavy atom. The molecule has 142 valence electrons. The maximum atomic E-state index is 5.71. The molecule has 4 heteroatoms. The van der Waals surface area contributed by atoms with E-state index in [1.165, 1.54) is 11.3 Å². The molecule has 0 amide bonds. The van der Waals surface area contributed by atoms with Gasteiger partial charge in [0, 0.05) is 37.8 Å². The first-order chi connectivity index (χ1) is 13.2. The summed E-state index contributed by atoms with van der Waals surface area (Å²) in [5.41, 5.74) is 3.66. The fraction of sp³-hybridized carbons (Fsp3) is 0.304. The average molecular weight is 364 g/mol. The predicted octanol–water partition coefficient (Wildman–Crippen LogP) is 4.67. The van der Waals surface area contributed by atoms with E-state index in [0.29, 0.717) is 0 Å². The molecule has 1 N–H and O–H groups in total. The van der Waals surface area contributed by atoms with Crippen molar-refractivity contribution in [2.24, 2.45) is 0 Å². The highest BCUT2D eigenvalue weighted by molar-refractivity contribution is 5.46. The van der Waals surface area contributed by atoms with E-state index in [1.54, 1.807) is 13.4 Å². The molecule has 1 atom stereocenters. The van der Waals surface area contributed by atoms with Gasteiger partial charge in [0.05, 0.1) is 13.4 Å². The van der Waals surface area contributed by atoms with Crippen molar-refractivity contribution in [1.82, 2.24) is 5.32 Å². The largest absolute Gasteiger partial charge is 0.496 e. The van der Waals surface area contributed by atoms with E-state index in [0.717, 1.165) is 36.6 Å². The van der Waals surface area contributed by atoms with Gasteiger partial charge in [-0.15, -0.1) is 0 Å². The highest BCUT2D eigenvalue weighted by atomic mass is 16.5. The third-order valence-electron chi connectivity index (χ3n) is 4.79. The van der Waals surface area contributed by atoms with Gasteiger partial charge in [-0.3, -0.25) is 0 Å². The fourth-order valence-corrected chi connectivity index (χ4v) is 3.29. The second-order valence-electron chi connectivity index (χ2n) is 6.84. The van der Waals surface area contributed by atoms with Crippen LogP contribution in [0, 0.1) is 0 Å². The van der Waals surface area contributed by atoms with E-state index in [4.69, 9.17) is 9.15 Å². The van der Waals surface area contributed by atoms with E-state index in [1.807, 2.05) is 30.3 Å². The first-order valence-electron chi connectivity index (χ1n) is 9.32. The minimum Gasteiger partial charge on any atom is -0.496 e. The van der Waals surface area contributed by atoms with Gasteiger partial charge in [0.25, 0.3) is 0 Å². The minimum absolute atomic E-state index is 0.166. The Morgan fingerprint density at radius 2 is 1.78 bits per heavy atom. The van der Waals surface area contributed by atoms with Gasteiger partial charge in [0.2, 0.25) is 0 Å². The van der Waals surface area contributed by atoms with Gasteiger partial charge in [-0.25, -0.2) is 0 Å². The molecule has 1 unspecified atom stereocenters. The molecular weight excluding hydrogens is 336 g/mol. The summed E-state index contributed by atoms with van der Waals surface area (Å²) in [6, 6.07) is 20.8. The number of anilines is 1. The van der Waals surface area contributed by atoms with Crippen LogP contribution < -0.4 is 15.0 Å². The van der Waals surface area contributed by atoms with E-state index in [-0.39, 0.29) is 5.92 Å². The Morgan fingerprint density at radius 3 is 2.44 bits per heavy atom. The van der Waals surface area contributed by atoms with Crippen molar-refractivity contribution in [3.05, 3.63) is 83.8 Å². The molecule has 27 heavy (non-hydrogen) atoms. The lowest BCUT2D eigenvalue weighted by Gasteiger charge is -2.18. The van der Waals surface area contributed by atoms with Crippen LogP contribution in [0.25, 0.3) is 0 Å². The maximum Gasteiger partial charge on any atom is 0.122 e. The number of rotatable bonds is 9. The zero-order valence-electron chi connectivity index (χ0n) is 16.3. The Hall–Kier alpha value is -2.72. The standard InChI is InChI=1S/C23H28N2O2/c1-25(2)19-12-10-18(11-13-19)17-24-15-14-21(23-9-6-16-27-23)20-7-4-5-8-22(20)26-3/h4-13,16,21,24H,14-15,17H2,1-3H3. The summed E-state index contributed by atoms with van der Waals surface area (Å²) in [5.74, 6) is 2.04. The number of para-hydroxylation sites is 1. The van der Waals surface area contributed by atoms with Crippen molar-refractivity contribution >= 4 is 5.69 Å². The normalized spacial score (nSPS) is 12.0. The van der Waals surface area contributed by atoms with E-state index in [2.05, 4.69) is 54.6 Å². The molecule has 0 aliphatic rings. The van der Waals surface area contributed by atoms with Crippen molar-refractivity contribution in [2.45, 2.75) is 18.9 Å². The molecule has 4 nitrogen and oxygen atoms in total. The molecule has 0 radical (unpaired) electrons. The molecule has 0 spiro atoms. The fourth-order valence-electron chi connectivity index (χ4n) is 3.29. The van der Waals surface area contributed by atoms with E-state index >= 15 is 0 Å². The summed E-state index contributed by atoms with van der Waals surface area (Å²) in [6.07, 6.45) is 2.67. The molecule has 0 saturated heterocycles. The van der Waals surface area contributed by atoms with Crippen molar-refractivity contribution in [2.75, 3.05) is 32.6 Å². The quantitative estimate of drug-likeness (QED) is 0.560. The van der Waals surface area contributed by atoms with E-state index < -0.39 is 0 Å². The number of benzene rings is 2. The van der Waals surface area contributed by atoms with Gasteiger partial charge in [-0.05, 0) is 48.9 Å². The highest BCUT2D eigenvalue weighted by Crippen LogP contribution is 2.34. The molecule has 3 rings (SSSR count). The third kappa shape index (κ3) is 4.92. The molecule has 2 aromatic carbocycles. The monoisotopic (exact) mass is 364 g/mol. The van der Waals surface area contributed by atoms with Crippen LogP contribution in [-0.2, 0) is 6.54 Å². The van der Waals surface area contributed by atoms with Gasteiger partial charge < -0.3 is 19.4 Å². The lowest BCUT2D eigenvalue weighted by Crippen LogP contribution is -2.18. The Bertz CT molecular complexity index is 811. The average Bonchev–Trinajstić information content (AvgIpc) is 3.23. The third-order valence-corrected chi connectivity index (χ3v) is 4.79. The van der Waals surface area contributed by atoms with Crippen molar-refractivity contribution in [3.63, 3.8) is 0 Å². The van der Waals surface area contributed by atoms with Gasteiger partial charge in [0.15, 0.2) is 0 Å². The topological polar surface area (TPSA) is 37.6 Å². The van der Waals surface area contributed by atoms with Gasteiger partial charge in [-0.1, -0.05) is 30.3 Å². The van der Waals surface area contributed by atoms with Crippen LogP contribution in [0.2, 0.25) is 0 Å². The molecular formula is C23H28N2O2. The zero-order valence-corrected chi connectivity index (χ0v) is 16.3. The van der Waals surface area contributed by atoms with Crippen molar-refractivity contribution in [1.29, 1.82) is 0 Å². The SMILES string of the molecule is COc1ccccc1C(CCNCc1ccc(N(C)C)cc1)c1ccco1. The summed E-state index contributed by atoms with van der Waals surface area (Å²) < 4.78 is 11.3. The Kier molecular flexibility index (Phi) is 6.55. The molecule has 0 aliphatic carbocycles. The zero-order chi connectivity index (χ0) is 19.1. The molecule has 0 bridgehead atoms. The van der Waals surface area contributed by atoms with Crippen LogP contribution in [0.15, 0.2) is 71.3 Å². The second-order valence-corrected chi connectivity index (χ2v) is 6.84. The summed E-state index contributed by atoms with van der Waals surface area (Å²) in [4.78, 5) is 2.11. The maximum absolute atomic E-state index is 5.71. The lowest BCUT2D eigenvalue weighted by molar-refractivity contribution is 0.398. The second kappa shape index (κ2) is 9.28. The number of nitrogens with zero attached hydrogens (tertiary/aromatic N) is 1. The van der Waals surface area contributed by atoms with Crippen LogP contribution in [0.4, 0.5) is 5.69 Å². The highest BCUT2D eigenvalue weighted by Gasteiger charge is 2.20. The summed E-state index contributed by atoms with van der Waals surface area (Å²) in [5, 5.41) is 3.55. The summed E-state index contributed by atoms with van der Waals surface area (Å²) in [7, 11) is 5.83. The molecule has 3 aromatic rings. The van der Waals surface area contributed by atoms with Crippen molar-refractivity contribution < 1.29 is 9.15 Å². The summed E-state index contributed by atoms with van der Waals surface area (Å²) in [6.45, 7) is 1.74. The molecule has 0 fully saturated rings. The van der Waals surface area contributed by atoms with Crippen LogP contribution in [0.3, 0.4) is 0 Å². The number of hydrogen-bond donors (Lipinski definition) is 1. The van der Waals surface area contributed by atoms with Crippen LogP contribution in [0.1, 0.15) is 29.2 Å². The number of ether oxygens (including phenoxy) is 1. The van der Waals surface area contributed by atoms with Gasteiger partial charge in [-0.2, -0.15) is 0 Å². The molecule has 1 aromatic heterocycles. The summed E-state index contributed by atoms with van der Waals surface area (Å²) >= 11 is 0. The number of methoxy groups -OCH3 is 1. The van der Waals surface area contributed by atoms with Crippen LogP contribution >= 0.6 is 0 Å². The van der Waals surface area contributed by atoms with E-state index in [9.17, 15) is 0 Å². The van der Waals surface area contributed by atoms with Crippen molar-refractivity contribution in [3.8, 4) is 5.75 Å². The molecule has 1 heterocycles. The first kappa shape index (κ1) is 19.1. The molecule has 0 saturated carbocycles. The van der Waals surface area contributed by atoms with Crippen LogP contribution in [-0.4, -0.2) is 27.7 Å².